The molecular formula is C57H72N10O3. The van der Waals surface area contributed by atoms with E-state index in [2.05, 4.69) is 78.3 Å². The third kappa shape index (κ3) is 10.2. The second kappa shape index (κ2) is 19.6. The van der Waals surface area contributed by atoms with Crippen LogP contribution in [-0.2, 0) is 0 Å². The van der Waals surface area contributed by atoms with Gasteiger partial charge in [-0.25, -0.2) is 4.90 Å². The molecule has 6 unspecified atom stereocenters. The number of guanidine groups is 6. The van der Waals surface area contributed by atoms with E-state index in [-0.39, 0.29) is 87.1 Å². The summed E-state index contributed by atoms with van der Waals surface area (Å²) >= 11 is 0. The van der Waals surface area contributed by atoms with E-state index in [9.17, 15) is 14.4 Å². The van der Waals surface area contributed by atoms with Gasteiger partial charge in [0, 0.05) is 51.5 Å². The first-order chi connectivity index (χ1) is 33.4. The molecule has 0 spiro atoms. The Bertz CT molecular complexity index is 2400. The normalized spacial score (nSPS) is 27.6. The third-order valence-electron chi connectivity index (χ3n) is 17.4. The van der Waals surface area contributed by atoms with Gasteiger partial charge in [0.25, 0.3) is 0 Å². The maximum Gasteiger partial charge on any atom is 0.246 e. The van der Waals surface area contributed by atoms with Crippen LogP contribution in [0.1, 0.15) is 170 Å². The molecule has 0 aromatic heterocycles. The number of carbonyl (C=O) groups excluding carboxylic acids is 3. The highest BCUT2D eigenvalue weighted by Crippen LogP contribution is 2.48. The molecular weight excluding hydrogens is 873 g/mol. The van der Waals surface area contributed by atoms with Crippen molar-refractivity contribution in [2.45, 2.75) is 139 Å². The number of nitrogens with one attached hydrogen (secondary N) is 3. The fourth-order valence-electron chi connectivity index (χ4n) is 11.5. The van der Waals surface area contributed by atoms with Gasteiger partial charge in [-0.1, -0.05) is 81.6 Å². The summed E-state index contributed by atoms with van der Waals surface area (Å²) in [5, 5.41) is 9.96. The van der Waals surface area contributed by atoms with Crippen LogP contribution >= 0.6 is 0 Å². The first kappa shape index (κ1) is 48.9. The monoisotopic (exact) mass is 945 g/mol. The summed E-state index contributed by atoms with van der Waals surface area (Å²) in [4.78, 5) is 71.7. The molecule has 0 bridgehead atoms. The maximum atomic E-state index is 13.8. The molecule has 3 aliphatic heterocycles. The molecule has 3 aliphatic carbocycles. The lowest BCUT2D eigenvalue weighted by Crippen LogP contribution is -2.49. The van der Waals surface area contributed by atoms with E-state index in [0.717, 1.165) is 77.0 Å². The number of hydrogen-bond donors (Lipinski definition) is 3. The van der Waals surface area contributed by atoms with E-state index in [1.807, 2.05) is 72.8 Å². The van der Waals surface area contributed by atoms with Crippen molar-refractivity contribution in [2.24, 2.45) is 81.7 Å². The van der Waals surface area contributed by atoms with Crippen LogP contribution in [0.2, 0.25) is 0 Å². The number of nitrogens with zero attached hydrogens (tertiary/aromatic N) is 7. The molecule has 3 aromatic carbocycles. The quantitative estimate of drug-likeness (QED) is 0.152. The van der Waals surface area contributed by atoms with E-state index < -0.39 is 0 Å². The molecule has 3 N–H and O–H groups in total. The second-order valence-corrected chi connectivity index (χ2v) is 22.9. The smallest absolute Gasteiger partial charge is 0.246 e. The molecule has 3 saturated carbocycles. The van der Waals surface area contributed by atoms with Crippen LogP contribution in [0.3, 0.4) is 0 Å². The Morgan fingerprint density at radius 1 is 0.443 bits per heavy atom. The fraction of sp³-hybridized carbons (Fsp3) is 0.526. The van der Waals surface area contributed by atoms with Crippen LogP contribution in [-0.4, -0.2) is 58.0 Å². The Morgan fingerprint density at radius 2 is 0.700 bits per heavy atom. The minimum atomic E-state index is 0.0171. The Balaban J connectivity index is 0.953. The van der Waals surface area contributed by atoms with Gasteiger partial charge in [0.15, 0.2) is 17.3 Å². The molecule has 13 nitrogen and oxygen atoms in total. The Kier molecular flexibility index (Phi) is 13.7. The highest BCUT2D eigenvalue weighted by atomic mass is 16.1. The molecule has 6 aliphatic rings. The van der Waals surface area contributed by atoms with Gasteiger partial charge in [-0.2, -0.15) is 30.0 Å². The number of aliphatic imine (C=N–C) groups is 6. The minimum Gasteiger partial charge on any atom is -0.324 e. The van der Waals surface area contributed by atoms with Crippen LogP contribution in [0.15, 0.2) is 103 Å². The van der Waals surface area contributed by atoms with Crippen LogP contribution < -0.4 is 16.0 Å². The number of rotatable bonds is 12. The van der Waals surface area contributed by atoms with Gasteiger partial charge >= 0.3 is 0 Å². The van der Waals surface area contributed by atoms with Crippen LogP contribution in [0.4, 0.5) is 17.1 Å². The first-order valence-electron chi connectivity index (χ1n) is 25.9. The number of anilines is 3. The van der Waals surface area contributed by atoms with E-state index >= 15 is 0 Å². The SMILES string of the molecule is CC(C)C1(C)CCCC(C(=O)c2ccc(NC3=NC4=NC(Nc5ccc(C(=O)C6CCCC(C)(C(C)C)C6)cc5)=NC5=NC(Nc6ccc(C(=O)C7CCCC(C)(C(C)C)C7)cc6)=NC(=N3)N45)cc2)C1. The van der Waals surface area contributed by atoms with Gasteiger partial charge in [0.1, 0.15) is 0 Å². The number of Topliss-reactive ketones (excluding diaryl/α,β-unsaturated/α-hetero) is 3. The molecule has 0 amide bonds. The second-order valence-electron chi connectivity index (χ2n) is 22.9. The molecule has 13 heteroatoms. The lowest BCUT2D eigenvalue weighted by Gasteiger charge is -2.41. The highest BCUT2D eigenvalue weighted by molar-refractivity contribution is 6.32. The predicted molar refractivity (Wildman–Crippen MR) is 284 cm³/mol. The summed E-state index contributed by atoms with van der Waals surface area (Å²) in [5.41, 5.74) is 4.70. The van der Waals surface area contributed by atoms with Crippen LogP contribution in [0, 0.1) is 51.8 Å². The number of carbonyl (C=O) groups is 3. The van der Waals surface area contributed by atoms with Gasteiger partial charge in [0.2, 0.25) is 35.8 Å². The van der Waals surface area contributed by atoms with E-state index in [4.69, 9.17) is 30.0 Å². The molecule has 0 radical (unpaired) electrons. The summed E-state index contributed by atoms with van der Waals surface area (Å²) in [6.45, 7) is 20.6. The van der Waals surface area contributed by atoms with Gasteiger partial charge in [-0.15, -0.1) is 0 Å². The Hall–Kier alpha value is -6.11. The summed E-state index contributed by atoms with van der Waals surface area (Å²) in [6, 6.07) is 22.5. The largest absolute Gasteiger partial charge is 0.324 e. The van der Waals surface area contributed by atoms with Gasteiger partial charge in [0.05, 0.1) is 0 Å². The minimum absolute atomic E-state index is 0.0171. The average molecular weight is 945 g/mol. The van der Waals surface area contributed by atoms with Crippen molar-refractivity contribution in [3.8, 4) is 0 Å². The van der Waals surface area contributed by atoms with Crippen molar-refractivity contribution in [3.63, 3.8) is 0 Å². The summed E-state index contributed by atoms with van der Waals surface area (Å²) in [7, 11) is 0. The zero-order chi connectivity index (χ0) is 49.5. The third-order valence-corrected chi connectivity index (χ3v) is 17.4. The van der Waals surface area contributed by atoms with Crippen molar-refractivity contribution in [1.82, 2.24) is 4.90 Å². The predicted octanol–water partition coefficient (Wildman–Crippen LogP) is 12.9. The van der Waals surface area contributed by atoms with Crippen molar-refractivity contribution < 1.29 is 14.4 Å². The molecule has 368 valence electrons. The van der Waals surface area contributed by atoms with E-state index in [0.29, 0.717) is 51.5 Å². The van der Waals surface area contributed by atoms with Crippen molar-refractivity contribution >= 4 is 70.2 Å². The van der Waals surface area contributed by atoms with Crippen LogP contribution in [0.25, 0.3) is 0 Å². The summed E-state index contributed by atoms with van der Waals surface area (Å²) in [6.07, 6.45) is 12.2. The fourth-order valence-corrected chi connectivity index (χ4v) is 11.5. The molecule has 3 fully saturated rings. The molecule has 6 atom stereocenters. The molecule has 9 rings (SSSR count). The maximum absolute atomic E-state index is 13.8. The van der Waals surface area contributed by atoms with Gasteiger partial charge in [-0.05, 0) is 165 Å². The number of hydrogen-bond acceptors (Lipinski definition) is 13. The van der Waals surface area contributed by atoms with Crippen LogP contribution in [0.5, 0.6) is 0 Å². The zero-order valence-electron chi connectivity index (χ0n) is 42.7. The first-order valence-corrected chi connectivity index (χ1v) is 25.9. The summed E-state index contributed by atoms with van der Waals surface area (Å²) < 4.78 is 0. The van der Waals surface area contributed by atoms with Gasteiger partial charge < -0.3 is 16.0 Å². The average Bonchev–Trinajstić information content (AvgIpc) is 3.34. The van der Waals surface area contributed by atoms with Gasteiger partial charge in [-0.3, -0.25) is 14.4 Å². The van der Waals surface area contributed by atoms with Crippen molar-refractivity contribution in [2.75, 3.05) is 16.0 Å². The van der Waals surface area contributed by atoms with E-state index in [1.165, 1.54) is 0 Å². The van der Waals surface area contributed by atoms with E-state index in [1.54, 1.807) is 4.90 Å². The Labute approximate surface area is 414 Å². The van der Waals surface area contributed by atoms with Crippen molar-refractivity contribution in [3.05, 3.63) is 89.5 Å². The zero-order valence-corrected chi connectivity index (χ0v) is 42.7. The lowest BCUT2D eigenvalue weighted by molar-refractivity contribution is 0.0682. The molecule has 0 saturated heterocycles. The topological polar surface area (TPSA) is 165 Å². The Morgan fingerprint density at radius 3 is 0.943 bits per heavy atom. The molecule has 70 heavy (non-hydrogen) atoms. The lowest BCUT2D eigenvalue weighted by atomic mass is 9.64. The molecule has 3 heterocycles. The molecule has 3 aromatic rings. The standard InChI is InChI=1S/C57H72N10O3/c1-34(2)55(7)28-10-13-40(31-55)46(68)37-16-22-43(23-17-37)58-49-61-52-63-50(59-44-24-18-38(19-25-44)47(69)41-14-11-29-56(8,32-41)35(3)4)65-54-66-51(64-53(62-49)67(52)54)60-45-26-20-39(21-27-45)48(70)42-15-12-30-57(9,33-42)36(5)6/h16-27,34-36,40-42H,10-15,28-33H2,1-9H3,(H3,58,59,60,61,62,63,64,65,66). The number of ketones is 3. The van der Waals surface area contributed by atoms with Crippen molar-refractivity contribution in [1.29, 1.82) is 0 Å². The summed E-state index contributed by atoms with van der Waals surface area (Å²) in [5.74, 6) is 3.68. The number of benzene rings is 3. The highest BCUT2D eigenvalue weighted by Gasteiger charge is 2.41.